The fraction of sp³-hybridized carbons (Fsp3) is 0. The van der Waals surface area contributed by atoms with E-state index in [0.29, 0.717) is 5.13 Å². The number of thiazole rings is 1. The topological polar surface area (TPSA) is 64.7 Å². The molecule has 12 heavy (non-hydrogen) atoms. The summed E-state index contributed by atoms with van der Waals surface area (Å²) in [6.45, 7) is 0. The minimum atomic E-state index is 0.571. The van der Waals surface area contributed by atoms with Crippen molar-refractivity contribution in [2.24, 2.45) is 0 Å². The van der Waals surface area contributed by atoms with Crippen molar-refractivity contribution in [2.75, 3.05) is 5.73 Å². The van der Waals surface area contributed by atoms with Gasteiger partial charge in [0.1, 0.15) is 0 Å². The van der Waals surface area contributed by atoms with E-state index >= 15 is 0 Å². The summed E-state index contributed by atoms with van der Waals surface area (Å²) in [5.74, 6) is 0. The van der Waals surface area contributed by atoms with Crippen LogP contribution in [0.5, 0.6) is 0 Å². The molecule has 5 heteroatoms. The molecule has 60 valence electrons. The molecule has 2 rings (SSSR count). The van der Waals surface area contributed by atoms with E-state index in [1.54, 1.807) is 12.4 Å². The molecule has 2 aromatic heterocycles. The van der Waals surface area contributed by atoms with Crippen molar-refractivity contribution < 1.29 is 0 Å². The van der Waals surface area contributed by atoms with E-state index in [0.717, 1.165) is 11.3 Å². The highest BCUT2D eigenvalue weighted by Crippen LogP contribution is 2.21. The first-order valence-corrected chi connectivity index (χ1v) is 4.22. The number of rotatable bonds is 1. The van der Waals surface area contributed by atoms with Crippen LogP contribution in [0.15, 0.2) is 23.8 Å². The monoisotopic (exact) mass is 178 g/mol. The predicted octanol–water partition coefficient (Wildman–Crippen LogP) is 1.18. The zero-order chi connectivity index (χ0) is 8.39. The van der Waals surface area contributed by atoms with Gasteiger partial charge in [-0.1, -0.05) is 0 Å². The van der Waals surface area contributed by atoms with Gasteiger partial charge in [-0.15, -0.1) is 11.3 Å². The molecule has 0 saturated carbocycles. The predicted molar refractivity (Wildman–Crippen MR) is 47.6 cm³/mol. The van der Waals surface area contributed by atoms with Gasteiger partial charge < -0.3 is 5.73 Å². The van der Waals surface area contributed by atoms with Crippen molar-refractivity contribution in [2.45, 2.75) is 0 Å². The van der Waals surface area contributed by atoms with Crippen molar-refractivity contribution in [3.63, 3.8) is 0 Å². The van der Waals surface area contributed by atoms with Crippen LogP contribution in [0.25, 0.3) is 11.3 Å². The molecular formula is C7H6N4S. The molecule has 4 nitrogen and oxygen atoms in total. The molecule has 0 amide bonds. The lowest BCUT2D eigenvalue weighted by molar-refractivity contribution is 1.03. The quantitative estimate of drug-likeness (QED) is 0.712. The third-order valence-electron chi connectivity index (χ3n) is 1.40. The molecule has 0 spiro atoms. The Morgan fingerprint density at radius 1 is 1.33 bits per heavy atom. The number of hydrogen-bond acceptors (Lipinski definition) is 5. The lowest BCUT2D eigenvalue weighted by Crippen LogP contribution is -1.84. The summed E-state index contributed by atoms with van der Waals surface area (Å²) in [6.07, 6.45) is 3.29. The van der Waals surface area contributed by atoms with E-state index in [4.69, 9.17) is 5.73 Å². The van der Waals surface area contributed by atoms with Crippen molar-refractivity contribution >= 4 is 16.5 Å². The van der Waals surface area contributed by atoms with Gasteiger partial charge in [0, 0.05) is 10.9 Å². The Balaban J connectivity index is 2.45. The number of nitrogen functional groups attached to an aromatic ring is 1. The van der Waals surface area contributed by atoms with Gasteiger partial charge in [0.25, 0.3) is 0 Å². The van der Waals surface area contributed by atoms with E-state index in [-0.39, 0.29) is 0 Å². The maximum Gasteiger partial charge on any atom is 0.180 e. The van der Waals surface area contributed by atoms with Gasteiger partial charge in [-0.3, -0.25) is 0 Å². The van der Waals surface area contributed by atoms with Gasteiger partial charge >= 0.3 is 0 Å². The number of hydrogen-bond donors (Lipinski definition) is 1. The Bertz CT molecular complexity index is 370. The standard InChI is InChI=1S/C7H6N4S/c8-7-11-6(4-12-7)5-1-2-9-10-3-5/h1-4H,(H2,8,11). The van der Waals surface area contributed by atoms with E-state index in [2.05, 4.69) is 15.2 Å². The van der Waals surface area contributed by atoms with Gasteiger partial charge in [0.05, 0.1) is 18.1 Å². The Hall–Kier alpha value is -1.49. The number of nitrogens with zero attached hydrogens (tertiary/aromatic N) is 3. The summed E-state index contributed by atoms with van der Waals surface area (Å²) in [6, 6.07) is 1.85. The molecular weight excluding hydrogens is 172 g/mol. The molecule has 0 aliphatic carbocycles. The average molecular weight is 178 g/mol. The Morgan fingerprint density at radius 2 is 2.25 bits per heavy atom. The molecule has 0 aliphatic rings. The number of anilines is 1. The molecule has 0 radical (unpaired) electrons. The van der Waals surface area contributed by atoms with Crippen LogP contribution in [0.4, 0.5) is 5.13 Å². The van der Waals surface area contributed by atoms with E-state index in [9.17, 15) is 0 Å². The maximum absolute atomic E-state index is 5.49. The van der Waals surface area contributed by atoms with E-state index in [1.165, 1.54) is 11.3 Å². The largest absolute Gasteiger partial charge is 0.375 e. The third-order valence-corrected chi connectivity index (χ3v) is 2.08. The molecule has 0 fully saturated rings. The lowest BCUT2D eigenvalue weighted by Gasteiger charge is -1.91. The fourth-order valence-electron chi connectivity index (χ4n) is 0.862. The second kappa shape index (κ2) is 2.86. The van der Waals surface area contributed by atoms with Crippen molar-refractivity contribution in [3.05, 3.63) is 23.8 Å². The first-order chi connectivity index (χ1) is 5.86. The maximum atomic E-state index is 5.49. The molecule has 0 aromatic carbocycles. The summed E-state index contributed by atoms with van der Waals surface area (Å²) in [7, 11) is 0. The minimum absolute atomic E-state index is 0.571. The first-order valence-electron chi connectivity index (χ1n) is 3.34. The molecule has 2 heterocycles. The van der Waals surface area contributed by atoms with Gasteiger partial charge in [-0.25, -0.2) is 4.98 Å². The zero-order valence-electron chi connectivity index (χ0n) is 6.14. The van der Waals surface area contributed by atoms with Crippen LogP contribution < -0.4 is 5.73 Å². The minimum Gasteiger partial charge on any atom is -0.375 e. The first kappa shape index (κ1) is 7.17. The molecule has 0 aliphatic heterocycles. The van der Waals surface area contributed by atoms with E-state index < -0.39 is 0 Å². The second-order valence-electron chi connectivity index (χ2n) is 2.20. The van der Waals surface area contributed by atoms with Crippen molar-refractivity contribution in [1.82, 2.24) is 15.2 Å². The Labute approximate surface area is 73.1 Å². The molecule has 0 saturated heterocycles. The van der Waals surface area contributed by atoms with Gasteiger partial charge in [-0.2, -0.15) is 10.2 Å². The van der Waals surface area contributed by atoms with Crippen molar-refractivity contribution in [1.29, 1.82) is 0 Å². The fourth-order valence-corrected chi connectivity index (χ4v) is 1.43. The van der Waals surface area contributed by atoms with Crippen LogP contribution in [-0.2, 0) is 0 Å². The SMILES string of the molecule is Nc1nc(-c2ccnnc2)cs1. The second-order valence-corrected chi connectivity index (χ2v) is 3.09. The van der Waals surface area contributed by atoms with Crippen LogP contribution in [0.3, 0.4) is 0 Å². The van der Waals surface area contributed by atoms with Crippen LogP contribution in [0.1, 0.15) is 0 Å². The average Bonchev–Trinajstić information content (AvgIpc) is 2.54. The van der Waals surface area contributed by atoms with Crippen LogP contribution in [0.2, 0.25) is 0 Å². The Kier molecular flexibility index (Phi) is 1.71. The Morgan fingerprint density at radius 3 is 2.83 bits per heavy atom. The van der Waals surface area contributed by atoms with Gasteiger partial charge in [0.15, 0.2) is 5.13 Å². The van der Waals surface area contributed by atoms with Crippen LogP contribution in [0, 0.1) is 0 Å². The van der Waals surface area contributed by atoms with Crippen LogP contribution in [-0.4, -0.2) is 15.2 Å². The van der Waals surface area contributed by atoms with E-state index in [1.807, 2.05) is 11.4 Å². The normalized spacial score (nSPS) is 10.0. The van der Waals surface area contributed by atoms with Gasteiger partial charge in [-0.05, 0) is 6.07 Å². The molecule has 2 aromatic rings. The lowest BCUT2D eigenvalue weighted by atomic mass is 10.2. The summed E-state index contributed by atoms with van der Waals surface area (Å²) >= 11 is 1.42. The zero-order valence-corrected chi connectivity index (χ0v) is 6.95. The highest BCUT2D eigenvalue weighted by atomic mass is 32.1. The summed E-state index contributed by atoms with van der Waals surface area (Å²) < 4.78 is 0. The summed E-state index contributed by atoms with van der Waals surface area (Å²) in [4.78, 5) is 4.11. The smallest absolute Gasteiger partial charge is 0.180 e. The van der Waals surface area contributed by atoms with Gasteiger partial charge in [0.2, 0.25) is 0 Å². The molecule has 0 unspecified atom stereocenters. The molecule has 0 bridgehead atoms. The molecule has 0 atom stereocenters. The molecule has 2 N–H and O–H groups in total. The summed E-state index contributed by atoms with van der Waals surface area (Å²) in [5.41, 5.74) is 7.28. The number of aromatic nitrogens is 3. The highest BCUT2D eigenvalue weighted by molar-refractivity contribution is 7.13. The van der Waals surface area contributed by atoms with Crippen LogP contribution >= 0.6 is 11.3 Å². The highest BCUT2D eigenvalue weighted by Gasteiger charge is 2.00. The van der Waals surface area contributed by atoms with Crippen molar-refractivity contribution in [3.8, 4) is 11.3 Å². The third kappa shape index (κ3) is 1.26. The summed E-state index contributed by atoms with van der Waals surface area (Å²) in [5, 5.41) is 9.88. The number of nitrogens with two attached hydrogens (primary N) is 1.